The maximum atomic E-state index is 13.4. The van der Waals surface area contributed by atoms with Gasteiger partial charge in [0.2, 0.25) is 5.91 Å². The van der Waals surface area contributed by atoms with Crippen LogP contribution in [0.25, 0.3) is 0 Å². The molecule has 0 aliphatic carbocycles. The normalized spacial score (nSPS) is 11.5. The van der Waals surface area contributed by atoms with E-state index in [0.29, 0.717) is 24.8 Å². The second kappa shape index (κ2) is 10.9. The molecule has 6 nitrogen and oxygen atoms in total. The molecule has 0 atom stereocenters. The van der Waals surface area contributed by atoms with Gasteiger partial charge < -0.3 is 20.4 Å². The molecule has 8 heteroatoms. The number of carbonyl (C=O) groups excluding carboxylic acids is 1. The van der Waals surface area contributed by atoms with Crippen molar-refractivity contribution in [2.45, 2.75) is 25.8 Å². The number of benzene rings is 1. The van der Waals surface area contributed by atoms with Gasteiger partial charge in [-0.15, -0.1) is 24.0 Å². The lowest BCUT2D eigenvalue weighted by molar-refractivity contribution is -0.120. The first-order valence-electron chi connectivity index (χ1n) is 8.40. The van der Waals surface area contributed by atoms with Crippen molar-refractivity contribution in [3.8, 4) is 0 Å². The maximum absolute atomic E-state index is 13.4. The number of nitrogens with one attached hydrogen (secondary N) is 3. The number of rotatable bonds is 7. The van der Waals surface area contributed by atoms with Gasteiger partial charge in [0.05, 0.1) is 19.4 Å². The third-order valence-electron chi connectivity index (χ3n) is 3.98. The summed E-state index contributed by atoms with van der Waals surface area (Å²) in [4.78, 5) is 16.0. The summed E-state index contributed by atoms with van der Waals surface area (Å²) in [6.07, 6.45) is 1.56. The second-order valence-electron chi connectivity index (χ2n) is 6.53. The molecule has 1 heterocycles. The average molecular weight is 488 g/mol. The summed E-state index contributed by atoms with van der Waals surface area (Å²) < 4.78 is 18.6. The molecule has 0 aliphatic rings. The number of hydrogen-bond donors (Lipinski definition) is 3. The van der Waals surface area contributed by atoms with Crippen molar-refractivity contribution < 1.29 is 13.6 Å². The Kier molecular flexibility index (Phi) is 9.27. The van der Waals surface area contributed by atoms with E-state index in [1.807, 2.05) is 19.9 Å². The van der Waals surface area contributed by atoms with Crippen molar-refractivity contribution >= 4 is 35.8 Å². The van der Waals surface area contributed by atoms with Crippen LogP contribution < -0.4 is 16.0 Å². The van der Waals surface area contributed by atoms with Crippen molar-refractivity contribution in [2.75, 3.05) is 20.1 Å². The van der Waals surface area contributed by atoms with Gasteiger partial charge in [-0.1, -0.05) is 26.0 Å². The molecule has 0 radical (unpaired) electrons. The van der Waals surface area contributed by atoms with E-state index in [4.69, 9.17) is 4.42 Å². The van der Waals surface area contributed by atoms with Crippen LogP contribution in [-0.2, 0) is 16.8 Å². The fraction of sp³-hybridized carbons (Fsp3) is 0.368. The first-order valence-corrected chi connectivity index (χ1v) is 8.40. The minimum Gasteiger partial charge on any atom is -0.467 e. The summed E-state index contributed by atoms with van der Waals surface area (Å²) in [7, 11) is 1.63. The van der Waals surface area contributed by atoms with Gasteiger partial charge in [0.25, 0.3) is 0 Å². The fourth-order valence-corrected chi connectivity index (χ4v) is 2.36. The topological polar surface area (TPSA) is 78.7 Å². The lowest BCUT2D eigenvalue weighted by Crippen LogP contribution is -2.46. The number of halogens is 2. The monoisotopic (exact) mass is 488 g/mol. The molecule has 148 valence electrons. The van der Waals surface area contributed by atoms with Crippen LogP contribution in [0.4, 0.5) is 4.39 Å². The first kappa shape index (κ1) is 22.9. The van der Waals surface area contributed by atoms with Crippen LogP contribution in [0.1, 0.15) is 25.2 Å². The van der Waals surface area contributed by atoms with Gasteiger partial charge in [-0.05, 0) is 29.8 Å². The standard InChI is InChI=1S/C19H25FN4O2.HI/c1-19(2,14-6-4-7-15(20)10-14)13-24-18(21-3)23-12-17(25)22-11-16-8-5-9-26-16;/h4-10H,11-13H2,1-3H3,(H,22,25)(H2,21,23,24);1H. The van der Waals surface area contributed by atoms with Crippen LogP contribution in [0.3, 0.4) is 0 Å². The van der Waals surface area contributed by atoms with Crippen molar-refractivity contribution in [1.29, 1.82) is 0 Å². The molecule has 0 bridgehead atoms. The van der Waals surface area contributed by atoms with Gasteiger partial charge in [0.1, 0.15) is 11.6 Å². The van der Waals surface area contributed by atoms with E-state index in [0.717, 1.165) is 5.56 Å². The van der Waals surface area contributed by atoms with Crippen molar-refractivity contribution in [3.63, 3.8) is 0 Å². The molecule has 0 aliphatic heterocycles. The van der Waals surface area contributed by atoms with Gasteiger partial charge in [-0.2, -0.15) is 0 Å². The Hall–Kier alpha value is -2.10. The first-order chi connectivity index (χ1) is 12.4. The molecular formula is C19H26FIN4O2. The van der Waals surface area contributed by atoms with Crippen LogP contribution in [-0.4, -0.2) is 32.0 Å². The summed E-state index contributed by atoms with van der Waals surface area (Å²) in [5.74, 6) is 0.764. The summed E-state index contributed by atoms with van der Waals surface area (Å²) in [6, 6.07) is 10.1. The van der Waals surface area contributed by atoms with Crippen LogP contribution in [0.2, 0.25) is 0 Å². The van der Waals surface area contributed by atoms with Crippen molar-refractivity contribution in [2.24, 2.45) is 4.99 Å². The van der Waals surface area contributed by atoms with E-state index in [2.05, 4.69) is 20.9 Å². The Morgan fingerprint density at radius 3 is 2.59 bits per heavy atom. The van der Waals surface area contributed by atoms with E-state index >= 15 is 0 Å². The highest BCUT2D eigenvalue weighted by atomic mass is 127. The number of nitrogens with zero attached hydrogens (tertiary/aromatic N) is 1. The van der Waals surface area contributed by atoms with E-state index in [1.54, 1.807) is 31.5 Å². The molecule has 0 saturated heterocycles. The molecule has 27 heavy (non-hydrogen) atoms. The lowest BCUT2D eigenvalue weighted by atomic mass is 9.84. The van der Waals surface area contributed by atoms with Crippen LogP contribution >= 0.6 is 24.0 Å². The minimum absolute atomic E-state index is 0. The number of hydrogen-bond acceptors (Lipinski definition) is 3. The Balaban J connectivity index is 0.00000364. The molecule has 2 aromatic rings. The molecule has 0 saturated carbocycles. The number of furan rings is 1. The van der Waals surface area contributed by atoms with Gasteiger partial charge >= 0.3 is 0 Å². The number of aliphatic imine (C=N–C) groups is 1. The highest BCUT2D eigenvalue weighted by Gasteiger charge is 2.21. The van der Waals surface area contributed by atoms with Crippen molar-refractivity contribution in [1.82, 2.24) is 16.0 Å². The molecule has 1 aromatic heterocycles. The molecule has 3 N–H and O–H groups in total. The van der Waals surface area contributed by atoms with Crippen LogP contribution in [0.5, 0.6) is 0 Å². The molecule has 2 rings (SSSR count). The Morgan fingerprint density at radius 2 is 1.96 bits per heavy atom. The predicted octanol–water partition coefficient (Wildman–Crippen LogP) is 2.80. The average Bonchev–Trinajstić information content (AvgIpc) is 3.13. The Labute approximate surface area is 176 Å². The SMILES string of the molecule is CN=C(NCC(=O)NCc1ccco1)NCC(C)(C)c1cccc(F)c1.I. The fourth-order valence-electron chi connectivity index (χ4n) is 2.36. The largest absolute Gasteiger partial charge is 0.467 e. The number of amides is 1. The van der Waals surface area contributed by atoms with Crippen LogP contribution in [0.15, 0.2) is 52.1 Å². The van der Waals surface area contributed by atoms with E-state index < -0.39 is 0 Å². The zero-order valence-electron chi connectivity index (χ0n) is 15.7. The highest BCUT2D eigenvalue weighted by Crippen LogP contribution is 2.22. The quantitative estimate of drug-likeness (QED) is 0.318. The number of carbonyl (C=O) groups is 1. The zero-order chi connectivity index (χ0) is 19.0. The van der Waals surface area contributed by atoms with E-state index in [-0.39, 0.29) is 47.7 Å². The zero-order valence-corrected chi connectivity index (χ0v) is 18.0. The summed E-state index contributed by atoms with van der Waals surface area (Å²) in [5.41, 5.74) is 0.581. The molecular weight excluding hydrogens is 462 g/mol. The summed E-state index contributed by atoms with van der Waals surface area (Å²) in [6.45, 7) is 4.98. The summed E-state index contributed by atoms with van der Waals surface area (Å²) in [5, 5.41) is 8.88. The predicted molar refractivity (Wildman–Crippen MR) is 115 cm³/mol. The van der Waals surface area contributed by atoms with Gasteiger partial charge in [0, 0.05) is 19.0 Å². The van der Waals surface area contributed by atoms with E-state index in [1.165, 1.54) is 12.1 Å². The minimum atomic E-state index is -0.304. The van der Waals surface area contributed by atoms with Gasteiger partial charge in [-0.25, -0.2) is 4.39 Å². The molecule has 0 fully saturated rings. The molecule has 0 unspecified atom stereocenters. The van der Waals surface area contributed by atoms with E-state index in [9.17, 15) is 9.18 Å². The third kappa shape index (κ3) is 7.58. The second-order valence-corrected chi connectivity index (χ2v) is 6.53. The highest BCUT2D eigenvalue weighted by molar-refractivity contribution is 14.0. The Morgan fingerprint density at radius 1 is 1.19 bits per heavy atom. The van der Waals surface area contributed by atoms with Gasteiger partial charge in [0.15, 0.2) is 5.96 Å². The molecule has 1 amide bonds. The van der Waals surface area contributed by atoms with Crippen LogP contribution in [0, 0.1) is 5.82 Å². The number of guanidine groups is 1. The maximum Gasteiger partial charge on any atom is 0.239 e. The Bertz CT molecular complexity index is 748. The van der Waals surface area contributed by atoms with Gasteiger partial charge in [-0.3, -0.25) is 9.79 Å². The van der Waals surface area contributed by atoms with Crippen molar-refractivity contribution in [3.05, 3.63) is 59.8 Å². The third-order valence-corrected chi connectivity index (χ3v) is 3.98. The smallest absolute Gasteiger partial charge is 0.239 e. The lowest BCUT2D eigenvalue weighted by Gasteiger charge is -2.26. The summed E-state index contributed by atoms with van der Waals surface area (Å²) >= 11 is 0. The molecule has 0 spiro atoms. The molecule has 1 aromatic carbocycles.